The van der Waals surface area contributed by atoms with Crippen LogP contribution >= 0.6 is 34.5 Å². The number of benzene rings is 2. The van der Waals surface area contributed by atoms with Gasteiger partial charge >= 0.3 is 0 Å². The summed E-state index contributed by atoms with van der Waals surface area (Å²) in [5.41, 5.74) is 4.30. The lowest BCUT2D eigenvalue weighted by Crippen LogP contribution is -2.14. The molecule has 0 bridgehead atoms. The molecule has 0 amide bonds. The predicted octanol–water partition coefficient (Wildman–Crippen LogP) is 6.23. The summed E-state index contributed by atoms with van der Waals surface area (Å²) in [6, 6.07) is 21.2. The molecule has 7 heteroatoms. The SMILES string of the molecule is C/C(=N\N=c1/scc(-c2ccc(Cl)cc2Cl)n1-c1ccccc1)c1ccccn1. The first-order valence-corrected chi connectivity index (χ1v) is 10.5. The van der Waals surface area contributed by atoms with Gasteiger partial charge in [0, 0.05) is 27.9 Å². The number of thiazole rings is 1. The first kappa shape index (κ1) is 19.6. The third-order valence-electron chi connectivity index (χ3n) is 4.25. The van der Waals surface area contributed by atoms with Gasteiger partial charge in [0.15, 0.2) is 0 Å². The van der Waals surface area contributed by atoms with Crippen molar-refractivity contribution >= 4 is 40.3 Å². The van der Waals surface area contributed by atoms with Crippen LogP contribution < -0.4 is 4.80 Å². The molecule has 0 unspecified atom stereocenters. The number of hydrogen-bond donors (Lipinski definition) is 0. The molecule has 0 aliphatic carbocycles. The predicted molar refractivity (Wildman–Crippen MR) is 121 cm³/mol. The van der Waals surface area contributed by atoms with Gasteiger partial charge in [-0.25, -0.2) is 0 Å². The van der Waals surface area contributed by atoms with Crippen LogP contribution in [0.25, 0.3) is 16.9 Å². The molecule has 0 saturated carbocycles. The molecular weight excluding hydrogens is 423 g/mol. The Kier molecular flexibility index (Phi) is 5.90. The number of rotatable bonds is 4. The van der Waals surface area contributed by atoms with Gasteiger partial charge in [-0.05, 0) is 49.4 Å². The molecule has 0 spiro atoms. The van der Waals surface area contributed by atoms with Crippen LogP contribution in [0.2, 0.25) is 10.0 Å². The van der Waals surface area contributed by atoms with Crippen LogP contribution in [0.15, 0.2) is 88.5 Å². The minimum atomic E-state index is 0.583. The normalized spacial score (nSPS) is 12.4. The average Bonchev–Trinajstić information content (AvgIpc) is 3.17. The number of aromatic nitrogens is 2. The van der Waals surface area contributed by atoms with E-state index in [0.717, 1.165) is 33.2 Å². The van der Waals surface area contributed by atoms with Gasteiger partial charge in [0.1, 0.15) is 0 Å². The Morgan fingerprint density at radius 1 is 1.00 bits per heavy atom. The maximum Gasteiger partial charge on any atom is 0.215 e. The molecule has 29 heavy (non-hydrogen) atoms. The summed E-state index contributed by atoms with van der Waals surface area (Å²) in [5.74, 6) is 0. The zero-order valence-corrected chi connectivity index (χ0v) is 17.8. The number of hydrogen-bond acceptors (Lipinski definition) is 4. The van der Waals surface area contributed by atoms with Gasteiger partial charge in [-0.1, -0.05) is 47.5 Å². The molecule has 4 rings (SSSR count). The van der Waals surface area contributed by atoms with Crippen molar-refractivity contribution in [2.75, 3.05) is 0 Å². The second kappa shape index (κ2) is 8.74. The van der Waals surface area contributed by atoms with Gasteiger partial charge < -0.3 is 0 Å². The van der Waals surface area contributed by atoms with Crippen LogP contribution in [0.3, 0.4) is 0 Å². The largest absolute Gasteiger partial charge is 0.284 e. The van der Waals surface area contributed by atoms with Crippen LogP contribution in [0.1, 0.15) is 12.6 Å². The number of para-hydroxylation sites is 1. The minimum absolute atomic E-state index is 0.583. The first-order chi connectivity index (χ1) is 14.1. The van der Waals surface area contributed by atoms with Crippen molar-refractivity contribution in [3.63, 3.8) is 0 Å². The van der Waals surface area contributed by atoms with Gasteiger partial charge in [0.25, 0.3) is 0 Å². The Hall–Kier alpha value is -2.73. The minimum Gasteiger partial charge on any atom is -0.284 e. The Balaban J connectivity index is 1.88. The van der Waals surface area contributed by atoms with E-state index >= 15 is 0 Å². The fourth-order valence-corrected chi connectivity index (χ4v) is 4.19. The zero-order chi connectivity index (χ0) is 20.2. The molecule has 0 aliphatic rings. The fraction of sp³-hybridized carbons (Fsp3) is 0.0455. The maximum absolute atomic E-state index is 6.48. The molecule has 4 nitrogen and oxygen atoms in total. The van der Waals surface area contributed by atoms with Crippen LogP contribution in [-0.2, 0) is 0 Å². The van der Waals surface area contributed by atoms with Crippen LogP contribution in [0.5, 0.6) is 0 Å². The Morgan fingerprint density at radius 2 is 1.79 bits per heavy atom. The summed E-state index contributed by atoms with van der Waals surface area (Å²) in [7, 11) is 0. The fourth-order valence-electron chi connectivity index (χ4n) is 2.84. The Labute approximate surface area is 182 Å². The Bertz CT molecular complexity index is 1230. The van der Waals surface area contributed by atoms with Crippen LogP contribution in [0, 0.1) is 0 Å². The Morgan fingerprint density at radius 3 is 2.52 bits per heavy atom. The van der Waals surface area contributed by atoms with Crippen molar-refractivity contribution in [1.29, 1.82) is 0 Å². The van der Waals surface area contributed by atoms with Gasteiger partial charge in [0.2, 0.25) is 4.80 Å². The molecule has 0 N–H and O–H groups in total. The van der Waals surface area contributed by atoms with Crippen molar-refractivity contribution in [3.05, 3.63) is 98.8 Å². The highest BCUT2D eigenvalue weighted by molar-refractivity contribution is 7.07. The van der Waals surface area contributed by atoms with Gasteiger partial charge in [-0.15, -0.1) is 16.4 Å². The maximum atomic E-state index is 6.48. The molecule has 4 aromatic rings. The van der Waals surface area contributed by atoms with E-state index in [9.17, 15) is 0 Å². The highest BCUT2D eigenvalue weighted by Gasteiger charge is 2.13. The summed E-state index contributed by atoms with van der Waals surface area (Å²) in [5, 5.41) is 12.1. The van der Waals surface area contributed by atoms with Crippen molar-refractivity contribution < 1.29 is 0 Å². The van der Waals surface area contributed by atoms with E-state index < -0.39 is 0 Å². The van der Waals surface area contributed by atoms with E-state index in [4.69, 9.17) is 23.2 Å². The second-order valence-corrected chi connectivity index (χ2v) is 7.88. The average molecular weight is 439 g/mol. The molecule has 0 fully saturated rings. The quantitative estimate of drug-likeness (QED) is 0.275. The third-order valence-corrected chi connectivity index (χ3v) is 5.61. The first-order valence-electron chi connectivity index (χ1n) is 8.84. The monoisotopic (exact) mass is 438 g/mol. The number of halogens is 2. The van der Waals surface area contributed by atoms with Gasteiger partial charge in [-0.2, -0.15) is 5.10 Å². The molecule has 2 aromatic carbocycles. The van der Waals surface area contributed by atoms with Gasteiger partial charge in [0.05, 0.1) is 22.1 Å². The lowest BCUT2D eigenvalue weighted by atomic mass is 10.1. The van der Waals surface area contributed by atoms with Crippen molar-refractivity contribution in [2.45, 2.75) is 6.92 Å². The molecule has 0 atom stereocenters. The van der Waals surface area contributed by atoms with Gasteiger partial charge in [-0.3, -0.25) is 9.55 Å². The summed E-state index contributed by atoms with van der Waals surface area (Å²) in [6.45, 7) is 1.89. The second-order valence-electron chi connectivity index (χ2n) is 6.20. The summed E-state index contributed by atoms with van der Waals surface area (Å²) < 4.78 is 2.04. The third kappa shape index (κ3) is 4.32. The summed E-state index contributed by atoms with van der Waals surface area (Å²) >= 11 is 14.1. The summed E-state index contributed by atoms with van der Waals surface area (Å²) in [4.78, 5) is 5.05. The molecule has 0 radical (unpaired) electrons. The van der Waals surface area contributed by atoms with Crippen LogP contribution in [-0.4, -0.2) is 15.3 Å². The molecule has 0 saturated heterocycles. The topological polar surface area (TPSA) is 42.5 Å². The lowest BCUT2D eigenvalue weighted by molar-refractivity contribution is 0.969. The molecule has 0 aliphatic heterocycles. The van der Waals surface area contributed by atoms with Crippen molar-refractivity contribution in [1.82, 2.24) is 9.55 Å². The molecule has 144 valence electrons. The van der Waals surface area contributed by atoms with E-state index in [2.05, 4.69) is 15.2 Å². The zero-order valence-electron chi connectivity index (χ0n) is 15.5. The van der Waals surface area contributed by atoms with E-state index in [0.29, 0.717) is 10.0 Å². The van der Waals surface area contributed by atoms with E-state index in [1.54, 1.807) is 12.3 Å². The highest BCUT2D eigenvalue weighted by Crippen LogP contribution is 2.32. The standard InChI is InChI=1S/C22H16Cl2N4S/c1-15(20-9-5-6-12-25-20)26-27-22-28(17-7-3-2-4-8-17)21(14-29-22)18-11-10-16(23)13-19(18)24/h2-14H,1H3/b26-15+,27-22-. The highest BCUT2D eigenvalue weighted by atomic mass is 35.5. The van der Waals surface area contributed by atoms with Crippen molar-refractivity contribution in [2.24, 2.45) is 10.2 Å². The summed E-state index contributed by atoms with van der Waals surface area (Å²) in [6.07, 6.45) is 1.74. The van der Waals surface area contributed by atoms with E-state index in [1.807, 2.05) is 77.5 Å². The molecular formula is C22H16Cl2N4S. The number of nitrogens with zero attached hydrogens (tertiary/aromatic N) is 4. The van der Waals surface area contributed by atoms with E-state index in [-0.39, 0.29) is 0 Å². The van der Waals surface area contributed by atoms with Crippen LogP contribution in [0.4, 0.5) is 0 Å². The molecule has 2 heterocycles. The number of pyridine rings is 1. The molecule has 2 aromatic heterocycles. The van der Waals surface area contributed by atoms with Crippen molar-refractivity contribution in [3.8, 4) is 16.9 Å². The van der Waals surface area contributed by atoms with E-state index in [1.165, 1.54) is 11.3 Å². The smallest absolute Gasteiger partial charge is 0.215 e. The lowest BCUT2D eigenvalue weighted by Gasteiger charge is -2.10.